The first-order valence-electron chi connectivity index (χ1n) is 7.48. The molecule has 0 aliphatic heterocycles. The second-order valence-electron chi connectivity index (χ2n) is 5.24. The molecule has 0 aliphatic rings. The van der Waals surface area contributed by atoms with Crippen molar-refractivity contribution in [1.29, 1.82) is 0 Å². The fraction of sp³-hybridized carbons (Fsp3) is 0.250. The molecule has 1 unspecified atom stereocenters. The van der Waals surface area contributed by atoms with E-state index in [0.717, 1.165) is 0 Å². The van der Waals surface area contributed by atoms with Crippen molar-refractivity contribution < 1.29 is 19.0 Å². The van der Waals surface area contributed by atoms with Crippen molar-refractivity contribution in [1.82, 2.24) is 19.5 Å². The number of carbonyl (C=O) groups is 1. The highest BCUT2D eigenvalue weighted by Gasteiger charge is 2.20. The number of ether oxygens (including phenoxy) is 1. The molecule has 3 aromatic rings. The maximum Gasteiger partial charge on any atom is 0.338 e. The largest absolute Gasteiger partial charge is 0.460 e. The number of aliphatic hydroxyl groups is 1. The molecule has 0 spiro atoms. The molecule has 0 bridgehead atoms. The number of nitrogens with zero attached hydrogens (tertiary/aromatic N) is 4. The number of hydrogen-bond donors (Lipinski definition) is 1. The number of aliphatic hydroxyl groups excluding tert-OH is 1. The van der Waals surface area contributed by atoms with Gasteiger partial charge in [-0.2, -0.15) is 14.4 Å². The molecule has 130 valence electrons. The topological polar surface area (TPSA) is 90.1 Å². The van der Waals surface area contributed by atoms with Gasteiger partial charge in [-0.25, -0.2) is 9.78 Å². The summed E-state index contributed by atoms with van der Waals surface area (Å²) in [6.45, 7) is -0.197. The van der Waals surface area contributed by atoms with Gasteiger partial charge < -0.3 is 14.4 Å². The van der Waals surface area contributed by atoms with Crippen LogP contribution in [0.1, 0.15) is 22.8 Å². The monoisotopic (exact) mass is 364 g/mol. The van der Waals surface area contributed by atoms with Gasteiger partial charge >= 0.3 is 12.0 Å². The summed E-state index contributed by atoms with van der Waals surface area (Å²) in [5.74, 6) is -0.494. The molecule has 1 atom stereocenters. The van der Waals surface area contributed by atoms with Crippen LogP contribution in [0.4, 0.5) is 4.39 Å². The fourth-order valence-electron chi connectivity index (χ4n) is 2.41. The van der Waals surface area contributed by atoms with Crippen molar-refractivity contribution in [3.05, 3.63) is 53.5 Å². The normalized spacial score (nSPS) is 12.3. The van der Waals surface area contributed by atoms with Crippen LogP contribution in [0.3, 0.4) is 0 Å². The van der Waals surface area contributed by atoms with Crippen LogP contribution in [0.2, 0.25) is 5.15 Å². The zero-order valence-corrected chi connectivity index (χ0v) is 13.7. The van der Waals surface area contributed by atoms with Crippen molar-refractivity contribution in [3.63, 3.8) is 0 Å². The van der Waals surface area contributed by atoms with Crippen LogP contribution in [-0.2, 0) is 4.74 Å². The number of carbonyl (C=O) groups excluding carboxylic acids is 1. The minimum Gasteiger partial charge on any atom is -0.460 e. The number of rotatable bonds is 6. The Morgan fingerprint density at radius 3 is 2.80 bits per heavy atom. The Bertz CT molecular complexity index is 888. The van der Waals surface area contributed by atoms with Crippen molar-refractivity contribution in [2.24, 2.45) is 0 Å². The highest BCUT2D eigenvalue weighted by molar-refractivity contribution is 6.33. The van der Waals surface area contributed by atoms with E-state index in [-0.39, 0.29) is 36.0 Å². The van der Waals surface area contributed by atoms with Crippen LogP contribution in [-0.4, -0.2) is 43.8 Å². The van der Waals surface area contributed by atoms with E-state index < -0.39 is 18.1 Å². The van der Waals surface area contributed by atoms with Crippen LogP contribution >= 0.6 is 11.6 Å². The second-order valence-corrected chi connectivity index (χ2v) is 5.60. The van der Waals surface area contributed by atoms with Crippen LogP contribution in [0.5, 0.6) is 0 Å². The van der Waals surface area contributed by atoms with E-state index in [1.54, 1.807) is 30.3 Å². The summed E-state index contributed by atoms with van der Waals surface area (Å²) >= 11 is 5.86. The molecule has 0 saturated heterocycles. The van der Waals surface area contributed by atoms with E-state index in [1.165, 1.54) is 10.9 Å². The first-order chi connectivity index (χ1) is 12.1. The Kier molecular flexibility index (Phi) is 5.20. The molecule has 25 heavy (non-hydrogen) atoms. The Labute approximate surface area is 147 Å². The Balaban J connectivity index is 1.83. The number of esters is 1. The maximum atomic E-state index is 13.5. The van der Waals surface area contributed by atoms with E-state index in [2.05, 4.69) is 15.0 Å². The summed E-state index contributed by atoms with van der Waals surface area (Å²) < 4.78 is 20.3. The number of aromatic nitrogens is 4. The van der Waals surface area contributed by atoms with E-state index in [9.17, 15) is 14.3 Å². The minimum absolute atomic E-state index is 0.0387. The van der Waals surface area contributed by atoms with Gasteiger partial charge in [0.15, 0.2) is 10.8 Å². The molecule has 2 heterocycles. The molecule has 7 nitrogen and oxygen atoms in total. The molecule has 2 aromatic heterocycles. The van der Waals surface area contributed by atoms with Gasteiger partial charge in [0.25, 0.3) is 0 Å². The Morgan fingerprint density at radius 2 is 2.08 bits per heavy atom. The van der Waals surface area contributed by atoms with Gasteiger partial charge in [-0.15, -0.1) is 0 Å². The summed E-state index contributed by atoms with van der Waals surface area (Å²) in [7, 11) is 0. The molecule has 0 aliphatic carbocycles. The van der Waals surface area contributed by atoms with Gasteiger partial charge in [0.05, 0.1) is 17.9 Å². The minimum atomic E-state index is -0.983. The first kappa shape index (κ1) is 17.2. The zero-order valence-electron chi connectivity index (χ0n) is 13.0. The molecule has 0 saturated carbocycles. The molecule has 9 heteroatoms. The maximum absolute atomic E-state index is 13.5. The molecule has 1 N–H and O–H groups in total. The van der Waals surface area contributed by atoms with Crippen LogP contribution in [0.15, 0.2) is 36.7 Å². The molecule has 0 radical (unpaired) electrons. The third kappa shape index (κ3) is 3.75. The predicted molar refractivity (Wildman–Crippen MR) is 87.8 cm³/mol. The van der Waals surface area contributed by atoms with E-state index in [4.69, 9.17) is 16.3 Å². The molecule has 0 amide bonds. The summed E-state index contributed by atoms with van der Waals surface area (Å²) in [6, 6.07) is 8.05. The number of fused-ring (bicyclic) bond motifs is 1. The average molecular weight is 365 g/mol. The predicted octanol–water partition coefficient (Wildman–Crippen LogP) is 2.40. The SMILES string of the molecule is O=C(OCC(CCO)n1cnc2c(Cl)nc(F)nc21)c1ccccc1. The van der Waals surface area contributed by atoms with Crippen LogP contribution in [0, 0.1) is 6.08 Å². The van der Waals surface area contributed by atoms with Gasteiger partial charge in [-0.3, -0.25) is 0 Å². The lowest BCUT2D eigenvalue weighted by Crippen LogP contribution is -2.19. The number of imidazole rings is 1. The Morgan fingerprint density at radius 1 is 1.32 bits per heavy atom. The lowest BCUT2D eigenvalue weighted by atomic mass is 10.2. The smallest absolute Gasteiger partial charge is 0.338 e. The zero-order chi connectivity index (χ0) is 17.8. The third-order valence-electron chi connectivity index (χ3n) is 3.62. The standard InChI is InChI=1S/C16H14ClFN4O3/c17-13-12-14(21-16(18)20-13)22(9-19-12)11(6-7-23)8-25-15(24)10-4-2-1-3-5-10/h1-5,9,11,23H,6-8H2. The third-order valence-corrected chi connectivity index (χ3v) is 3.89. The summed E-state index contributed by atoms with van der Waals surface area (Å²) in [4.78, 5) is 23.3. The van der Waals surface area contributed by atoms with Gasteiger partial charge in [0, 0.05) is 6.61 Å². The summed E-state index contributed by atoms with van der Waals surface area (Å²) in [5.41, 5.74) is 0.823. The van der Waals surface area contributed by atoms with E-state index in [0.29, 0.717) is 5.56 Å². The lowest BCUT2D eigenvalue weighted by Gasteiger charge is -2.18. The van der Waals surface area contributed by atoms with E-state index in [1.807, 2.05) is 0 Å². The molecule has 3 rings (SSSR count). The highest BCUT2D eigenvalue weighted by Crippen LogP contribution is 2.23. The molecule has 0 fully saturated rings. The quantitative estimate of drug-likeness (QED) is 0.410. The van der Waals surface area contributed by atoms with Gasteiger partial charge in [0.2, 0.25) is 0 Å². The first-order valence-corrected chi connectivity index (χ1v) is 7.86. The highest BCUT2D eigenvalue weighted by atomic mass is 35.5. The second kappa shape index (κ2) is 7.54. The average Bonchev–Trinajstić information content (AvgIpc) is 3.03. The summed E-state index contributed by atoms with van der Waals surface area (Å²) in [6.07, 6.45) is 0.682. The van der Waals surface area contributed by atoms with Crippen LogP contribution in [0.25, 0.3) is 11.2 Å². The molecular weight excluding hydrogens is 351 g/mol. The lowest BCUT2D eigenvalue weighted by molar-refractivity contribution is 0.0429. The van der Waals surface area contributed by atoms with Crippen molar-refractivity contribution >= 4 is 28.7 Å². The molecule has 1 aromatic carbocycles. The number of benzene rings is 1. The summed E-state index contributed by atoms with van der Waals surface area (Å²) in [5, 5.41) is 9.19. The van der Waals surface area contributed by atoms with Crippen molar-refractivity contribution in [2.75, 3.05) is 13.2 Å². The van der Waals surface area contributed by atoms with Gasteiger partial charge in [0.1, 0.15) is 12.1 Å². The number of halogens is 2. The molecular formula is C16H14ClFN4O3. The van der Waals surface area contributed by atoms with Crippen molar-refractivity contribution in [2.45, 2.75) is 12.5 Å². The van der Waals surface area contributed by atoms with Gasteiger partial charge in [-0.05, 0) is 18.6 Å². The number of hydrogen-bond acceptors (Lipinski definition) is 6. The van der Waals surface area contributed by atoms with Gasteiger partial charge in [-0.1, -0.05) is 29.8 Å². The van der Waals surface area contributed by atoms with Crippen molar-refractivity contribution in [3.8, 4) is 0 Å². The Hall–Kier alpha value is -2.58. The van der Waals surface area contributed by atoms with E-state index >= 15 is 0 Å². The fourth-order valence-corrected chi connectivity index (χ4v) is 2.61. The van der Waals surface area contributed by atoms with Crippen LogP contribution < -0.4 is 0 Å².